The summed E-state index contributed by atoms with van der Waals surface area (Å²) < 4.78 is 0. The van der Waals surface area contributed by atoms with Gasteiger partial charge in [0.2, 0.25) is 0 Å². The number of nitrogens with one attached hydrogen (secondary N) is 1. The van der Waals surface area contributed by atoms with Crippen LogP contribution in [-0.2, 0) is 5.75 Å². The average Bonchev–Trinajstić information content (AvgIpc) is 2.64. The van der Waals surface area contributed by atoms with Crippen molar-refractivity contribution in [2.45, 2.75) is 17.6 Å². The molecule has 0 saturated carbocycles. The molecule has 0 saturated heterocycles. The average molecular weight is 356 g/mol. The van der Waals surface area contributed by atoms with E-state index in [9.17, 15) is 0 Å². The molecule has 0 bridgehead atoms. The molecule has 0 atom stereocenters. The van der Waals surface area contributed by atoms with Crippen LogP contribution in [0.3, 0.4) is 0 Å². The van der Waals surface area contributed by atoms with Crippen molar-refractivity contribution in [2.75, 3.05) is 32.8 Å². The summed E-state index contributed by atoms with van der Waals surface area (Å²) in [5.74, 6) is 1.99. The zero-order chi connectivity index (χ0) is 17.5. The highest BCUT2D eigenvalue weighted by molar-refractivity contribution is 7.98. The van der Waals surface area contributed by atoms with E-state index in [4.69, 9.17) is 10.1 Å². The molecular weight excluding hydrogens is 330 g/mol. The zero-order valence-electron chi connectivity index (χ0n) is 14.6. The fraction of sp³-hybridized carbons (Fsp3) is 0.350. The molecule has 1 aliphatic heterocycles. The molecule has 0 radical (unpaired) electrons. The number of fused-ring (bicyclic) bond motifs is 2. The van der Waals surface area contributed by atoms with Crippen LogP contribution in [0.25, 0.3) is 0 Å². The Hall–Kier alpha value is -1.82. The van der Waals surface area contributed by atoms with Gasteiger partial charge in [0.1, 0.15) is 5.84 Å². The lowest BCUT2D eigenvalue weighted by Crippen LogP contribution is -2.38. The number of aliphatic hydroxyl groups is 1. The smallest absolute Gasteiger partial charge is 0.136 e. The first kappa shape index (κ1) is 18.0. The van der Waals surface area contributed by atoms with Crippen molar-refractivity contribution >= 4 is 23.3 Å². The number of aliphatic hydroxyl groups excluding tert-OH is 1. The van der Waals surface area contributed by atoms with E-state index in [0.717, 1.165) is 36.9 Å². The zero-order valence-corrected chi connectivity index (χ0v) is 15.4. The van der Waals surface area contributed by atoms with Crippen molar-refractivity contribution in [1.82, 2.24) is 10.2 Å². The third kappa shape index (κ3) is 4.42. The van der Waals surface area contributed by atoms with Gasteiger partial charge in [-0.3, -0.25) is 0 Å². The number of likely N-dealkylation sites (N-methyl/N-ethyl adjacent to an activating group) is 1. The molecular formula is C20H25N3OS. The van der Waals surface area contributed by atoms with E-state index in [1.165, 1.54) is 16.0 Å². The monoisotopic (exact) mass is 355 g/mol. The Bertz CT molecular complexity index is 732. The van der Waals surface area contributed by atoms with Gasteiger partial charge in [0.05, 0.1) is 12.3 Å². The van der Waals surface area contributed by atoms with Gasteiger partial charge in [-0.2, -0.15) is 0 Å². The minimum absolute atomic E-state index is 0.167. The molecule has 0 aliphatic carbocycles. The number of amidine groups is 1. The van der Waals surface area contributed by atoms with Crippen molar-refractivity contribution in [3.05, 3.63) is 59.7 Å². The molecule has 3 rings (SSSR count). The molecule has 5 heteroatoms. The van der Waals surface area contributed by atoms with Crippen LogP contribution in [0, 0.1) is 0 Å². The Labute approximate surface area is 154 Å². The third-order valence-electron chi connectivity index (χ3n) is 4.26. The van der Waals surface area contributed by atoms with Gasteiger partial charge in [0, 0.05) is 42.4 Å². The van der Waals surface area contributed by atoms with E-state index in [-0.39, 0.29) is 6.61 Å². The van der Waals surface area contributed by atoms with Crippen LogP contribution in [0.15, 0.2) is 58.4 Å². The molecule has 0 aromatic heterocycles. The van der Waals surface area contributed by atoms with Crippen LogP contribution in [-0.4, -0.2) is 48.6 Å². The summed E-state index contributed by atoms with van der Waals surface area (Å²) in [6.07, 6.45) is 0. The van der Waals surface area contributed by atoms with Crippen molar-refractivity contribution < 1.29 is 5.11 Å². The van der Waals surface area contributed by atoms with Gasteiger partial charge in [-0.05, 0) is 24.6 Å². The van der Waals surface area contributed by atoms with E-state index < -0.39 is 0 Å². The molecule has 1 heterocycles. The minimum atomic E-state index is 0.167. The second-order valence-corrected chi connectivity index (χ2v) is 6.92. The first-order valence-electron chi connectivity index (χ1n) is 8.78. The molecule has 4 nitrogen and oxygen atoms in total. The van der Waals surface area contributed by atoms with Crippen LogP contribution in [0.5, 0.6) is 0 Å². The van der Waals surface area contributed by atoms with Crippen LogP contribution in [0.4, 0.5) is 5.69 Å². The maximum atomic E-state index is 8.94. The number of aliphatic imine (C=N–C) groups is 1. The number of benzene rings is 2. The van der Waals surface area contributed by atoms with Crippen molar-refractivity contribution in [1.29, 1.82) is 0 Å². The number of nitrogens with zero attached hydrogens (tertiary/aromatic N) is 2. The second kappa shape index (κ2) is 9.04. The number of para-hydroxylation sites is 1. The molecule has 2 aromatic rings. The first-order valence-corrected chi connectivity index (χ1v) is 9.77. The van der Waals surface area contributed by atoms with E-state index in [2.05, 4.69) is 59.6 Å². The van der Waals surface area contributed by atoms with Gasteiger partial charge in [0.15, 0.2) is 0 Å². The van der Waals surface area contributed by atoms with Crippen LogP contribution < -0.4 is 5.32 Å². The lowest BCUT2D eigenvalue weighted by Gasteiger charge is -2.28. The molecule has 1 aliphatic rings. The van der Waals surface area contributed by atoms with Gasteiger partial charge < -0.3 is 15.3 Å². The summed E-state index contributed by atoms with van der Waals surface area (Å²) in [5, 5.41) is 12.2. The molecule has 0 unspecified atom stereocenters. The van der Waals surface area contributed by atoms with E-state index in [1.54, 1.807) is 0 Å². The Balaban J connectivity index is 1.97. The molecule has 25 heavy (non-hydrogen) atoms. The number of rotatable bonds is 6. The topological polar surface area (TPSA) is 47.9 Å². The van der Waals surface area contributed by atoms with Gasteiger partial charge in [0.25, 0.3) is 0 Å². The molecule has 0 spiro atoms. The lowest BCUT2D eigenvalue weighted by atomic mass is 10.1. The SMILES string of the molecule is CCN(CCNCCO)C1=Nc2ccccc2SCc2ccccc21. The number of hydrogen-bond donors (Lipinski definition) is 2. The first-order chi connectivity index (χ1) is 12.3. The van der Waals surface area contributed by atoms with Crippen molar-refractivity contribution in [3.63, 3.8) is 0 Å². The minimum Gasteiger partial charge on any atom is -0.395 e. The molecule has 2 N–H and O–H groups in total. The van der Waals surface area contributed by atoms with Gasteiger partial charge >= 0.3 is 0 Å². The maximum Gasteiger partial charge on any atom is 0.136 e. The summed E-state index contributed by atoms with van der Waals surface area (Å²) in [4.78, 5) is 8.60. The molecule has 0 fully saturated rings. The quantitative estimate of drug-likeness (QED) is 0.781. The molecule has 2 aromatic carbocycles. The second-order valence-electron chi connectivity index (χ2n) is 5.90. The summed E-state index contributed by atoms with van der Waals surface area (Å²) in [6, 6.07) is 16.9. The van der Waals surface area contributed by atoms with Gasteiger partial charge in [-0.25, -0.2) is 4.99 Å². The summed E-state index contributed by atoms with van der Waals surface area (Å²) in [7, 11) is 0. The standard InChI is InChI=1S/C20H25N3OS/c1-2-23(13-11-21-12-14-24)20-17-8-4-3-7-16(17)15-25-19-10-6-5-9-18(19)22-20/h3-10,21,24H,2,11-15H2,1H3. The summed E-state index contributed by atoms with van der Waals surface area (Å²) in [5.41, 5.74) is 3.58. The largest absolute Gasteiger partial charge is 0.395 e. The highest BCUT2D eigenvalue weighted by Gasteiger charge is 2.19. The molecule has 0 amide bonds. The van der Waals surface area contributed by atoms with Gasteiger partial charge in [-0.1, -0.05) is 36.4 Å². The van der Waals surface area contributed by atoms with Crippen LogP contribution in [0.1, 0.15) is 18.1 Å². The summed E-state index contributed by atoms with van der Waals surface area (Å²) >= 11 is 1.85. The Morgan fingerprint density at radius 3 is 2.76 bits per heavy atom. The van der Waals surface area contributed by atoms with Crippen LogP contribution >= 0.6 is 11.8 Å². The lowest BCUT2D eigenvalue weighted by molar-refractivity contribution is 0.289. The normalized spacial score (nSPS) is 13.3. The Kier molecular flexibility index (Phi) is 6.50. The van der Waals surface area contributed by atoms with Gasteiger partial charge in [-0.15, -0.1) is 11.8 Å². The fourth-order valence-corrected chi connectivity index (χ4v) is 3.94. The van der Waals surface area contributed by atoms with Crippen molar-refractivity contribution in [2.24, 2.45) is 4.99 Å². The van der Waals surface area contributed by atoms with E-state index in [0.29, 0.717) is 6.54 Å². The van der Waals surface area contributed by atoms with Crippen molar-refractivity contribution in [3.8, 4) is 0 Å². The highest BCUT2D eigenvalue weighted by atomic mass is 32.2. The Morgan fingerprint density at radius 1 is 1.12 bits per heavy atom. The van der Waals surface area contributed by atoms with E-state index in [1.807, 2.05) is 17.8 Å². The third-order valence-corrected chi connectivity index (χ3v) is 5.37. The summed E-state index contributed by atoms with van der Waals surface area (Å²) in [6.45, 7) is 5.53. The van der Waals surface area contributed by atoms with Crippen LogP contribution in [0.2, 0.25) is 0 Å². The maximum absolute atomic E-state index is 8.94. The fourth-order valence-electron chi connectivity index (χ4n) is 2.94. The predicted octanol–water partition coefficient (Wildman–Crippen LogP) is 3.27. The number of thioether (sulfide) groups is 1. The van der Waals surface area contributed by atoms with E-state index >= 15 is 0 Å². The Morgan fingerprint density at radius 2 is 1.92 bits per heavy atom. The number of hydrogen-bond acceptors (Lipinski definition) is 5. The highest BCUT2D eigenvalue weighted by Crippen LogP contribution is 2.35. The predicted molar refractivity (Wildman–Crippen MR) is 106 cm³/mol. The molecule has 132 valence electrons.